The lowest BCUT2D eigenvalue weighted by molar-refractivity contribution is 0.249. The van der Waals surface area contributed by atoms with Gasteiger partial charge in [-0.1, -0.05) is 97.3 Å². The molecule has 1 heterocycles. The highest BCUT2D eigenvalue weighted by atomic mass is 16.5. The topological polar surface area (TPSA) is 35.0 Å². The third-order valence-corrected chi connectivity index (χ3v) is 7.61. The highest BCUT2D eigenvalue weighted by Crippen LogP contribution is 2.34. The zero-order valence-electron chi connectivity index (χ0n) is 21.9. The van der Waals surface area contributed by atoms with Crippen LogP contribution in [0.25, 0.3) is 11.4 Å². The second-order valence-corrected chi connectivity index (χ2v) is 10.5. The van der Waals surface area contributed by atoms with Crippen molar-refractivity contribution in [2.24, 2.45) is 11.8 Å². The van der Waals surface area contributed by atoms with E-state index in [1.165, 1.54) is 95.5 Å². The number of nitrogens with zero attached hydrogens (tertiary/aromatic N) is 2. The molecule has 1 fully saturated rings. The van der Waals surface area contributed by atoms with Crippen LogP contribution in [0.5, 0.6) is 5.75 Å². The first-order chi connectivity index (χ1) is 16.8. The number of unbranched alkanes of at least 4 members (excludes halogenated alkanes) is 7. The average molecular weight is 465 g/mol. The van der Waals surface area contributed by atoms with E-state index >= 15 is 0 Å². The molecule has 1 saturated carbocycles. The minimum absolute atomic E-state index is 0.803. The molecule has 2 aromatic rings. The van der Waals surface area contributed by atoms with Crippen molar-refractivity contribution >= 4 is 0 Å². The van der Waals surface area contributed by atoms with Crippen molar-refractivity contribution in [2.75, 3.05) is 6.61 Å². The molecule has 0 spiro atoms. The quantitative estimate of drug-likeness (QED) is 0.232. The van der Waals surface area contributed by atoms with Gasteiger partial charge < -0.3 is 4.74 Å². The molecule has 0 atom stereocenters. The molecule has 0 N–H and O–H groups in total. The van der Waals surface area contributed by atoms with Crippen LogP contribution in [0.15, 0.2) is 36.7 Å². The third-order valence-electron chi connectivity index (χ3n) is 7.61. The maximum atomic E-state index is 5.90. The molecule has 0 aliphatic heterocycles. The maximum Gasteiger partial charge on any atom is 0.159 e. The summed E-state index contributed by atoms with van der Waals surface area (Å²) in [6, 6.07) is 8.24. The highest BCUT2D eigenvalue weighted by Gasteiger charge is 2.20. The molecule has 1 aromatic heterocycles. The molecule has 34 heavy (non-hydrogen) atoms. The van der Waals surface area contributed by atoms with Gasteiger partial charge in [0, 0.05) is 18.0 Å². The van der Waals surface area contributed by atoms with E-state index in [1.54, 1.807) is 0 Å². The summed E-state index contributed by atoms with van der Waals surface area (Å²) >= 11 is 0. The van der Waals surface area contributed by atoms with Crippen molar-refractivity contribution in [3.63, 3.8) is 0 Å². The fourth-order valence-electron chi connectivity index (χ4n) is 5.27. The van der Waals surface area contributed by atoms with E-state index in [0.29, 0.717) is 0 Å². The molecule has 1 aliphatic carbocycles. The van der Waals surface area contributed by atoms with E-state index in [1.807, 2.05) is 24.5 Å². The molecule has 3 rings (SSSR count). The van der Waals surface area contributed by atoms with Crippen molar-refractivity contribution in [2.45, 2.75) is 117 Å². The zero-order chi connectivity index (χ0) is 23.8. The molecule has 0 radical (unpaired) electrons. The molecule has 1 aromatic carbocycles. The molecule has 0 saturated heterocycles. The molecule has 0 bridgehead atoms. The van der Waals surface area contributed by atoms with Crippen LogP contribution in [0.3, 0.4) is 0 Å². The van der Waals surface area contributed by atoms with Gasteiger partial charge in [-0.05, 0) is 60.9 Å². The van der Waals surface area contributed by atoms with Gasteiger partial charge in [-0.2, -0.15) is 0 Å². The van der Waals surface area contributed by atoms with Crippen LogP contribution in [-0.2, 0) is 6.42 Å². The second kappa shape index (κ2) is 15.9. The minimum Gasteiger partial charge on any atom is -0.494 e. The third kappa shape index (κ3) is 9.76. The fourth-order valence-corrected chi connectivity index (χ4v) is 5.27. The predicted molar refractivity (Wildman–Crippen MR) is 144 cm³/mol. The first-order valence-corrected chi connectivity index (χ1v) is 14.3. The van der Waals surface area contributed by atoms with Crippen LogP contribution in [-0.4, -0.2) is 16.6 Å². The summed E-state index contributed by atoms with van der Waals surface area (Å²) in [4.78, 5) is 9.31. The van der Waals surface area contributed by atoms with Crippen molar-refractivity contribution in [1.82, 2.24) is 9.97 Å². The Bertz CT molecular complexity index is 763. The van der Waals surface area contributed by atoms with E-state index in [0.717, 1.165) is 48.4 Å². The lowest BCUT2D eigenvalue weighted by atomic mass is 9.78. The van der Waals surface area contributed by atoms with Crippen molar-refractivity contribution in [3.8, 4) is 17.1 Å². The SMILES string of the molecule is CCCCCCCCOc1ccc(-c2ncc(CCC3CCC(CCCCC)CC3)cn2)cc1. The second-order valence-electron chi connectivity index (χ2n) is 10.5. The Hall–Kier alpha value is -1.90. The summed E-state index contributed by atoms with van der Waals surface area (Å²) in [5.74, 6) is 3.64. The minimum atomic E-state index is 0.803. The number of rotatable bonds is 16. The van der Waals surface area contributed by atoms with E-state index in [2.05, 4.69) is 35.9 Å². The fraction of sp³-hybridized carbons (Fsp3) is 0.677. The Morgan fingerprint density at radius 1 is 0.706 bits per heavy atom. The average Bonchev–Trinajstić information content (AvgIpc) is 2.88. The lowest BCUT2D eigenvalue weighted by Crippen LogP contribution is -2.15. The van der Waals surface area contributed by atoms with Crippen molar-refractivity contribution in [3.05, 3.63) is 42.2 Å². The van der Waals surface area contributed by atoms with Crippen LogP contribution < -0.4 is 4.74 Å². The molecule has 1 aliphatic rings. The van der Waals surface area contributed by atoms with Gasteiger partial charge in [0.05, 0.1) is 6.61 Å². The Morgan fingerprint density at radius 3 is 1.97 bits per heavy atom. The number of benzene rings is 1. The summed E-state index contributed by atoms with van der Waals surface area (Å²) in [6.45, 7) is 5.36. The molecule has 3 heteroatoms. The Balaban J connectivity index is 1.34. The highest BCUT2D eigenvalue weighted by molar-refractivity contribution is 5.55. The smallest absolute Gasteiger partial charge is 0.159 e. The normalized spacial score (nSPS) is 18.2. The predicted octanol–water partition coefficient (Wildman–Crippen LogP) is 9.20. The van der Waals surface area contributed by atoms with Crippen LogP contribution in [0.4, 0.5) is 0 Å². The van der Waals surface area contributed by atoms with Gasteiger partial charge in [-0.25, -0.2) is 9.97 Å². The summed E-state index contributed by atoms with van der Waals surface area (Å²) in [7, 11) is 0. The van der Waals surface area contributed by atoms with Crippen LogP contribution in [0, 0.1) is 11.8 Å². The van der Waals surface area contributed by atoms with Gasteiger partial charge in [-0.3, -0.25) is 0 Å². The molecule has 188 valence electrons. The van der Waals surface area contributed by atoms with Crippen molar-refractivity contribution in [1.29, 1.82) is 0 Å². The summed E-state index contributed by atoms with van der Waals surface area (Å²) in [5.41, 5.74) is 2.33. The van der Waals surface area contributed by atoms with Gasteiger partial charge in [0.25, 0.3) is 0 Å². The molecule has 0 unspecified atom stereocenters. The molecule has 3 nitrogen and oxygen atoms in total. The molecule has 0 amide bonds. The standard InChI is InChI=1S/C31H48N2O/c1-3-5-7-8-9-11-23-34-30-21-19-29(20-22-30)31-32-24-28(25-33-31)18-17-27-15-13-26(14-16-27)12-10-6-4-2/h19-22,24-27H,3-18,23H2,1-2H3. The Labute approximate surface area is 209 Å². The summed E-state index contributed by atoms with van der Waals surface area (Å²) < 4.78 is 5.90. The van der Waals surface area contributed by atoms with Crippen LogP contribution >= 0.6 is 0 Å². The number of aromatic nitrogens is 2. The largest absolute Gasteiger partial charge is 0.494 e. The number of hydrogen-bond donors (Lipinski definition) is 0. The lowest BCUT2D eigenvalue weighted by Gasteiger charge is -2.28. The summed E-state index contributed by atoms with van der Waals surface area (Å²) in [5, 5.41) is 0. The Morgan fingerprint density at radius 2 is 1.29 bits per heavy atom. The zero-order valence-corrected chi connectivity index (χ0v) is 21.9. The van der Waals surface area contributed by atoms with Crippen LogP contribution in [0.2, 0.25) is 0 Å². The van der Waals surface area contributed by atoms with Gasteiger partial charge in [-0.15, -0.1) is 0 Å². The first-order valence-electron chi connectivity index (χ1n) is 14.3. The molecular weight excluding hydrogens is 416 g/mol. The van der Waals surface area contributed by atoms with Crippen molar-refractivity contribution < 1.29 is 4.74 Å². The first kappa shape index (κ1) is 26.7. The number of aryl methyl sites for hydroxylation is 1. The van der Waals surface area contributed by atoms with Gasteiger partial charge in [0.2, 0.25) is 0 Å². The van der Waals surface area contributed by atoms with E-state index < -0.39 is 0 Å². The van der Waals surface area contributed by atoms with E-state index in [9.17, 15) is 0 Å². The molecular formula is C31H48N2O. The van der Waals surface area contributed by atoms with Gasteiger partial charge >= 0.3 is 0 Å². The number of ether oxygens (including phenoxy) is 1. The van der Waals surface area contributed by atoms with Gasteiger partial charge in [0.1, 0.15) is 5.75 Å². The van der Waals surface area contributed by atoms with E-state index in [4.69, 9.17) is 4.74 Å². The van der Waals surface area contributed by atoms with Crippen LogP contribution in [0.1, 0.15) is 116 Å². The summed E-state index contributed by atoms with van der Waals surface area (Å²) in [6.07, 6.45) is 25.6. The van der Waals surface area contributed by atoms with Gasteiger partial charge in [0.15, 0.2) is 5.82 Å². The Kier molecular flexibility index (Phi) is 12.5. The monoisotopic (exact) mass is 464 g/mol. The number of hydrogen-bond acceptors (Lipinski definition) is 3. The maximum absolute atomic E-state index is 5.90. The van der Waals surface area contributed by atoms with E-state index in [-0.39, 0.29) is 0 Å².